The summed E-state index contributed by atoms with van der Waals surface area (Å²) < 4.78 is 32.6. The number of carbonyl (C=O) groups is 2. The number of phosphoric ester groups is 1. The lowest BCUT2D eigenvalue weighted by Crippen LogP contribution is -2.29. The van der Waals surface area contributed by atoms with Gasteiger partial charge in [0.05, 0.1) is 25.4 Å². The Hall–Kier alpha value is -2.37. The minimum absolute atomic E-state index is 0.0209. The predicted molar refractivity (Wildman–Crippen MR) is 213 cm³/mol. The van der Waals surface area contributed by atoms with Crippen molar-refractivity contribution >= 4 is 19.8 Å². The van der Waals surface area contributed by atoms with Crippen LogP contribution in [0.3, 0.4) is 0 Å². The maximum Gasteiger partial charge on any atom is 0.472 e. The van der Waals surface area contributed by atoms with Gasteiger partial charge in [0.1, 0.15) is 6.61 Å². The van der Waals surface area contributed by atoms with Gasteiger partial charge in [0.2, 0.25) is 0 Å². The molecule has 0 amide bonds. The molecule has 4 atom stereocenters. The van der Waals surface area contributed by atoms with Gasteiger partial charge in [-0.25, -0.2) is 4.57 Å². The van der Waals surface area contributed by atoms with Crippen LogP contribution < -0.4 is 5.73 Å². The average Bonchev–Trinajstić information content (AvgIpc) is 3.14. The lowest BCUT2D eigenvalue weighted by molar-refractivity contribution is -0.161. The molecule has 53 heavy (non-hydrogen) atoms. The summed E-state index contributed by atoms with van der Waals surface area (Å²) in [6.07, 6.45) is 34.2. The smallest absolute Gasteiger partial charge is 0.462 e. The van der Waals surface area contributed by atoms with E-state index in [1.807, 2.05) is 6.08 Å². The summed E-state index contributed by atoms with van der Waals surface area (Å²) in [5.74, 6) is -0.996. The number of hydrogen-bond donors (Lipinski definition) is 4. The summed E-state index contributed by atoms with van der Waals surface area (Å²) in [6.45, 7) is 3.30. The lowest BCUT2D eigenvalue weighted by atomic mass is 10.0. The van der Waals surface area contributed by atoms with Crippen LogP contribution in [0, 0.1) is 0 Å². The van der Waals surface area contributed by atoms with E-state index in [-0.39, 0.29) is 32.6 Å². The first-order valence-electron chi connectivity index (χ1n) is 19.9. The molecule has 1 unspecified atom stereocenters. The van der Waals surface area contributed by atoms with Gasteiger partial charge in [-0.3, -0.25) is 18.6 Å². The molecule has 11 nitrogen and oxygen atoms in total. The Morgan fingerprint density at radius 3 is 1.89 bits per heavy atom. The van der Waals surface area contributed by atoms with E-state index in [0.717, 1.165) is 77.0 Å². The first kappa shape index (κ1) is 50.6. The van der Waals surface area contributed by atoms with Gasteiger partial charge in [-0.1, -0.05) is 113 Å². The minimum Gasteiger partial charge on any atom is -0.462 e. The fraction of sp³-hybridized carbons (Fsp3) is 0.707. The first-order valence-corrected chi connectivity index (χ1v) is 21.4. The SMILES string of the molecule is CC/C=C\C/C=C\C/C=C\C/C=C\CCCCC(=O)O[C@H](COC(=O)CCCCCCC[C@@H](O)[C@H](O)C/C=C\CCCCC)COP(=O)(O)OCCN. The van der Waals surface area contributed by atoms with E-state index < -0.39 is 44.7 Å². The molecule has 0 aliphatic rings. The van der Waals surface area contributed by atoms with Crippen molar-refractivity contribution in [1.29, 1.82) is 0 Å². The van der Waals surface area contributed by atoms with E-state index in [1.165, 1.54) is 12.8 Å². The molecular formula is C41H72NO10P. The number of ether oxygens (including phenoxy) is 2. The number of esters is 2. The zero-order valence-electron chi connectivity index (χ0n) is 32.7. The normalized spacial score (nSPS) is 15.2. The Balaban J connectivity index is 4.40. The molecule has 0 spiro atoms. The van der Waals surface area contributed by atoms with Crippen molar-refractivity contribution in [3.63, 3.8) is 0 Å². The summed E-state index contributed by atoms with van der Waals surface area (Å²) in [6, 6.07) is 0. The number of unbranched alkanes of at least 4 members (excludes halogenated alkanes) is 9. The number of aliphatic hydroxyl groups excluding tert-OH is 2. The number of nitrogens with two attached hydrogens (primary N) is 1. The Kier molecular flexibility index (Phi) is 35.0. The van der Waals surface area contributed by atoms with Crippen LogP contribution in [0.4, 0.5) is 0 Å². The molecule has 0 fully saturated rings. The van der Waals surface area contributed by atoms with Gasteiger partial charge >= 0.3 is 19.8 Å². The average molecular weight is 770 g/mol. The predicted octanol–water partition coefficient (Wildman–Crippen LogP) is 8.88. The monoisotopic (exact) mass is 769 g/mol. The molecule has 5 N–H and O–H groups in total. The van der Waals surface area contributed by atoms with Crippen LogP contribution in [0.2, 0.25) is 0 Å². The molecule has 0 aromatic heterocycles. The Morgan fingerprint density at radius 1 is 0.660 bits per heavy atom. The van der Waals surface area contributed by atoms with Crippen molar-refractivity contribution in [2.45, 2.75) is 161 Å². The van der Waals surface area contributed by atoms with Gasteiger partial charge < -0.3 is 30.3 Å². The maximum absolute atomic E-state index is 12.5. The molecule has 0 aromatic rings. The van der Waals surface area contributed by atoms with Gasteiger partial charge in [0, 0.05) is 19.4 Å². The lowest BCUT2D eigenvalue weighted by Gasteiger charge is -2.19. The standard InChI is InChI=1S/C41H72NO10P/c1-3-5-7-9-11-12-13-14-15-16-17-18-19-23-28-32-41(46)52-37(36-51-53(47,48)50-34-33-42)35-49-40(45)31-27-24-20-22-26-30-39(44)38(43)29-25-21-10-8-6-4-2/h5,7,11-12,14-15,17-18,21,25,37-39,43-44H,3-4,6,8-10,13,16,19-20,22-24,26-36,42H2,1-2H3,(H,47,48)/b7-5-,12-11-,15-14-,18-17-,25-21-/t37-,38-,39-/m1/s1. The molecule has 306 valence electrons. The Morgan fingerprint density at radius 2 is 1.23 bits per heavy atom. The molecule has 12 heteroatoms. The second-order valence-corrected chi connectivity index (χ2v) is 14.5. The second-order valence-electron chi connectivity index (χ2n) is 13.1. The zero-order chi connectivity index (χ0) is 39.3. The van der Waals surface area contributed by atoms with Crippen molar-refractivity contribution < 1.29 is 47.8 Å². The van der Waals surface area contributed by atoms with E-state index in [1.54, 1.807) is 0 Å². The number of allylic oxidation sites excluding steroid dienone is 9. The van der Waals surface area contributed by atoms with Gasteiger partial charge in [0.25, 0.3) is 0 Å². The van der Waals surface area contributed by atoms with Crippen LogP contribution in [0.25, 0.3) is 0 Å². The minimum atomic E-state index is -4.42. The summed E-state index contributed by atoms with van der Waals surface area (Å²) in [5.41, 5.74) is 5.32. The van der Waals surface area contributed by atoms with E-state index in [2.05, 4.69) is 68.5 Å². The van der Waals surface area contributed by atoms with Crippen LogP contribution in [-0.4, -0.2) is 71.7 Å². The van der Waals surface area contributed by atoms with Crippen molar-refractivity contribution in [2.24, 2.45) is 5.73 Å². The van der Waals surface area contributed by atoms with Gasteiger partial charge in [-0.15, -0.1) is 0 Å². The van der Waals surface area contributed by atoms with E-state index >= 15 is 0 Å². The Bertz CT molecular complexity index is 1090. The molecule has 0 heterocycles. The molecule has 0 saturated carbocycles. The third-order valence-corrected chi connectivity index (χ3v) is 9.07. The largest absolute Gasteiger partial charge is 0.472 e. The van der Waals surface area contributed by atoms with Crippen molar-refractivity contribution in [3.8, 4) is 0 Å². The first-order chi connectivity index (χ1) is 25.6. The Labute approximate surface area is 320 Å². The van der Waals surface area contributed by atoms with Crippen LogP contribution >= 0.6 is 7.82 Å². The van der Waals surface area contributed by atoms with Gasteiger partial charge in [-0.05, 0) is 77.0 Å². The number of aliphatic hydroxyl groups is 2. The molecule has 0 aliphatic carbocycles. The maximum atomic E-state index is 12.5. The van der Waals surface area contributed by atoms with Crippen LogP contribution in [-0.2, 0) is 32.7 Å². The summed E-state index contributed by atoms with van der Waals surface area (Å²) in [5, 5.41) is 20.4. The summed E-state index contributed by atoms with van der Waals surface area (Å²) >= 11 is 0. The number of rotatable bonds is 36. The zero-order valence-corrected chi connectivity index (χ0v) is 33.6. The number of phosphoric acid groups is 1. The summed E-state index contributed by atoms with van der Waals surface area (Å²) in [4.78, 5) is 34.8. The fourth-order valence-electron chi connectivity index (χ4n) is 5.00. The summed E-state index contributed by atoms with van der Waals surface area (Å²) in [7, 11) is -4.42. The molecule has 0 bridgehead atoms. The van der Waals surface area contributed by atoms with E-state index in [0.29, 0.717) is 25.7 Å². The molecular weight excluding hydrogens is 697 g/mol. The highest BCUT2D eigenvalue weighted by Gasteiger charge is 2.26. The van der Waals surface area contributed by atoms with Crippen molar-refractivity contribution in [2.75, 3.05) is 26.4 Å². The molecule has 0 aliphatic heterocycles. The quantitative estimate of drug-likeness (QED) is 0.0207. The molecule has 0 saturated heterocycles. The van der Waals surface area contributed by atoms with Crippen molar-refractivity contribution in [3.05, 3.63) is 60.8 Å². The highest BCUT2D eigenvalue weighted by molar-refractivity contribution is 7.47. The third kappa shape index (κ3) is 35.1. The number of carbonyl (C=O) groups excluding carboxylic acids is 2. The van der Waals surface area contributed by atoms with Crippen LogP contribution in [0.5, 0.6) is 0 Å². The van der Waals surface area contributed by atoms with E-state index in [9.17, 15) is 29.3 Å². The molecule has 0 radical (unpaired) electrons. The third-order valence-electron chi connectivity index (χ3n) is 8.09. The topological polar surface area (TPSA) is 175 Å². The molecule has 0 rings (SSSR count). The van der Waals surface area contributed by atoms with Gasteiger partial charge in [0.15, 0.2) is 6.10 Å². The van der Waals surface area contributed by atoms with Crippen LogP contribution in [0.1, 0.15) is 142 Å². The number of hydrogen-bond acceptors (Lipinski definition) is 10. The second kappa shape index (κ2) is 36.6. The highest BCUT2D eigenvalue weighted by Crippen LogP contribution is 2.43. The van der Waals surface area contributed by atoms with Crippen LogP contribution in [0.15, 0.2) is 60.8 Å². The fourth-order valence-corrected chi connectivity index (χ4v) is 5.76. The van der Waals surface area contributed by atoms with E-state index in [4.69, 9.17) is 24.3 Å². The van der Waals surface area contributed by atoms with Gasteiger partial charge in [-0.2, -0.15) is 0 Å². The highest BCUT2D eigenvalue weighted by atomic mass is 31.2. The molecule has 0 aromatic carbocycles. The van der Waals surface area contributed by atoms with Crippen molar-refractivity contribution in [1.82, 2.24) is 0 Å².